The summed E-state index contributed by atoms with van der Waals surface area (Å²) >= 11 is 0. The van der Waals surface area contributed by atoms with Gasteiger partial charge in [-0.1, -0.05) is 22.9 Å². The lowest BCUT2D eigenvalue weighted by atomic mass is 9.98. The van der Waals surface area contributed by atoms with E-state index in [9.17, 15) is 9.59 Å². The van der Waals surface area contributed by atoms with Crippen molar-refractivity contribution >= 4 is 17.7 Å². The smallest absolute Gasteiger partial charge is 0.358 e. The molecule has 25 heavy (non-hydrogen) atoms. The molecule has 0 spiro atoms. The van der Waals surface area contributed by atoms with Crippen molar-refractivity contribution in [3.8, 4) is 0 Å². The largest absolute Gasteiger partial charge is 0.476 e. The van der Waals surface area contributed by atoms with Gasteiger partial charge in [0, 0.05) is 25.3 Å². The third-order valence-electron chi connectivity index (χ3n) is 4.31. The van der Waals surface area contributed by atoms with Crippen molar-refractivity contribution in [1.29, 1.82) is 0 Å². The Morgan fingerprint density at radius 3 is 2.76 bits per heavy atom. The number of carboxylic acid groups (broad SMARTS) is 1. The van der Waals surface area contributed by atoms with Crippen LogP contribution in [0.25, 0.3) is 0 Å². The van der Waals surface area contributed by atoms with E-state index >= 15 is 0 Å². The molecule has 0 radical (unpaired) electrons. The number of piperidine rings is 1. The molecular formula is C17H21N5O3. The second kappa shape index (κ2) is 7.33. The van der Waals surface area contributed by atoms with Crippen LogP contribution in [0.2, 0.25) is 0 Å². The number of benzene rings is 1. The molecule has 2 N–H and O–H groups in total. The number of nitrogens with zero attached hydrogens (tertiary/aromatic N) is 4. The van der Waals surface area contributed by atoms with Gasteiger partial charge in [-0.2, -0.15) is 0 Å². The molecule has 1 unspecified atom stereocenters. The number of rotatable bonds is 4. The normalized spacial score (nSPS) is 17.3. The molecule has 8 nitrogen and oxygen atoms in total. The van der Waals surface area contributed by atoms with E-state index in [2.05, 4.69) is 15.6 Å². The second-order valence-electron chi connectivity index (χ2n) is 6.38. The fraction of sp³-hybridized carbons (Fsp3) is 0.412. The maximum Gasteiger partial charge on any atom is 0.358 e. The fourth-order valence-corrected chi connectivity index (χ4v) is 2.99. The van der Waals surface area contributed by atoms with Gasteiger partial charge in [-0.15, -0.1) is 5.10 Å². The number of aryl methyl sites for hydroxylation is 1. The van der Waals surface area contributed by atoms with Crippen LogP contribution in [0.15, 0.2) is 30.5 Å². The Morgan fingerprint density at radius 2 is 2.08 bits per heavy atom. The quantitative estimate of drug-likeness (QED) is 0.886. The van der Waals surface area contributed by atoms with Crippen LogP contribution in [0.3, 0.4) is 0 Å². The van der Waals surface area contributed by atoms with Gasteiger partial charge >= 0.3 is 12.0 Å². The number of hydrogen-bond acceptors (Lipinski definition) is 4. The second-order valence-corrected chi connectivity index (χ2v) is 6.38. The Bertz CT molecular complexity index is 756. The fourth-order valence-electron chi connectivity index (χ4n) is 2.99. The van der Waals surface area contributed by atoms with Crippen LogP contribution >= 0.6 is 0 Å². The minimum atomic E-state index is -1.09. The first kappa shape index (κ1) is 16.9. The summed E-state index contributed by atoms with van der Waals surface area (Å²) < 4.78 is 1.54. The number of carbonyl (C=O) groups is 2. The summed E-state index contributed by atoms with van der Waals surface area (Å²) in [5, 5.41) is 19.3. The van der Waals surface area contributed by atoms with Gasteiger partial charge in [-0.3, -0.25) is 4.68 Å². The van der Waals surface area contributed by atoms with Gasteiger partial charge in [0.2, 0.25) is 0 Å². The van der Waals surface area contributed by atoms with Crippen LogP contribution in [-0.2, 0) is 6.54 Å². The van der Waals surface area contributed by atoms with E-state index in [0.717, 1.165) is 24.1 Å². The number of nitrogens with one attached hydrogen (secondary N) is 1. The Kier molecular flexibility index (Phi) is 4.97. The summed E-state index contributed by atoms with van der Waals surface area (Å²) in [6.45, 7) is 3.88. The number of aromatic carboxylic acids is 1. The molecule has 1 aromatic heterocycles. The van der Waals surface area contributed by atoms with Crippen molar-refractivity contribution in [3.05, 3.63) is 41.7 Å². The standard InChI is InChI=1S/C17H21N5O3/c1-12-4-6-14(7-5-12)18-17(25)21-8-2-3-13(9-21)10-22-11-15(16(23)24)19-20-22/h4-7,11,13H,2-3,8-10H2,1H3,(H,18,25)(H,23,24). The monoisotopic (exact) mass is 343 g/mol. The SMILES string of the molecule is Cc1ccc(NC(=O)N2CCCC(Cn3cc(C(=O)O)nn3)C2)cc1. The highest BCUT2D eigenvalue weighted by molar-refractivity contribution is 5.89. The number of amides is 2. The molecule has 1 aliphatic rings. The van der Waals surface area contributed by atoms with Gasteiger partial charge in [-0.05, 0) is 37.8 Å². The number of likely N-dealkylation sites (tertiary alicyclic amines) is 1. The molecule has 132 valence electrons. The Hall–Kier alpha value is -2.90. The number of urea groups is 1. The van der Waals surface area contributed by atoms with Crippen LogP contribution in [0, 0.1) is 12.8 Å². The zero-order valence-corrected chi connectivity index (χ0v) is 14.1. The highest BCUT2D eigenvalue weighted by Crippen LogP contribution is 2.19. The molecule has 0 bridgehead atoms. The molecule has 1 fully saturated rings. The minimum absolute atomic E-state index is 0.0650. The Balaban J connectivity index is 1.57. The summed E-state index contributed by atoms with van der Waals surface area (Å²) in [5.41, 5.74) is 1.86. The zero-order chi connectivity index (χ0) is 17.8. The summed E-state index contributed by atoms with van der Waals surface area (Å²) in [6.07, 6.45) is 3.30. The molecule has 1 aromatic carbocycles. The molecular weight excluding hydrogens is 322 g/mol. The average molecular weight is 343 g/mol. The van der Waals surface area contributed by atoms with Gasteiger partial charge in [0.1, 0.15) is 0 Å². The molecule has 2 amide bonds. The third-order valence-corrected chi connectivity index (χ3v) is 4.31. The van der Waals surface area contributed by atoms with E-state index in [4.69, 9.17) is 5.11 Å². The van der Waals surface area contributed by atoms with E-state index < -0.39 is 5.97 Å². The molecule has 8 heteroatoms. The van der Waals surface area contributed by atoms with Crippen LogP contribution in [0.1, 0.15) is 28.9 Å². The van der Waals surface area contributed by atoms with Gasteiger partial charge in [0.15, 0.2) is 5.69 Å². The van der Waals surface area contributed by atoms with Gasteiger partial charge in [-0.25, -0.2) is 9.59 Å². The van der Waals surface area contributed by atoms with Gasteiger partial charge in [0.05, 0.1) is 6.20 Å². The maximum atomic E-state index is 12.4. The van der Waals surface area contributed by atoms with Crippen molar-refractivity contribution in [2.75, 3.05) is 18.4 Å². The molecule has 2 aromatic rings. The zero-order valence-electron chi connectivity index (χ0n) is 14.1. The summed E-state index contributed by atoms with van der Waals surface area (Å²) in [7, 11) is 0. The highest BCUT2D eigenvalue weighted by atomic mass is 16.4. The van der Waals surface area contributed by atoms with Crippen molar-refractivity contribution < 1.29 is 14.7 Å². The summed E-state index contributed by atoms with van der Waals surface area (Å²) in [4.78, 5) is 25.1. The average Bonchev–Trinajstić information content (AvgIpc) is 3.06. The number of aromatic nitrogens is 3. The minimum Gasteiger partial charge on any atom is -0.476 e. The molecule has 0 aliphatic carbocycles. The topological polar surface area (TPSA) is 100 Å². The highest BCUT2D eigenvalue weighted by Gasteiger charge is 2.24. The van der Waals surface area contributed by atoms with Crippen LogP contribution < -0.4 is 5.32 Å². The van der Waals surface area contributed by atoms with E-state index in [1.807, 2.05) is 31.2 Å². The van der Waals surface area contributed by atoms with Crippen LogP contribution in [-0.4, -0.2) is 50.1 Å². The predicted molar refractivity (Wildman–Crippen MR) is 91.5 cm³/mol. The first-order valence-corrected chi connectivity index (χ1v) is 8.27. The lowest BCUT2D eigenvalue weighted by Crippen LogP contribution is -2.43. The number of carboxylic acids is 1. The molecule has 2 heterocycles. The summed E-state index contributed by atoms with van der Waals surface area (Å²) in [5.74, 6) is -0.866. The molecule has 1 atom stereocenters. The maximum absolute atomic E-state index is 12.4. The Labute approximate surface area is 145 Å². The van der Waals surface area contributed by atoms with E-state index in [0.29, 0.717) is 19.6 Å². The van der Waals surface area contributed by atoms with Crippen molar-refractivity contribution in [2.45, 2.75) is 26.3 Å². The van der Waals surface area contributed by atoms with E-state index in [1.165, 1.54) is 10.9 Å². The lowest BCUT2D eigenvalue weighted by molar-refractivity contribution is 0.0690. The number of hydrogen-bond donors (Lipinski definition) is 2. The molecule has 1 aliphatic heterocycles. The van der Waals surface area contributed by atoms with Crippen molar-refractivity contribution in [2.24, 2.45) is 5.92 Å². The van der Waals surface area contributed by atoms with Crippen molar-refractivity contribution in [1.82, 2.24) is 19.9 Å². The van der Waals surface area contributed by atoms with Crippen LogP contribution in [0.5, 0.6) is 0 Å². The number of carbonyl (C=O) groups excluding carboxylic acids is 1. The van der Waals surface area contributed by atoms with Crippen LogP contribution in [0.4, 0.5) is 10.5 Å². The van der Waals surface area contributed by atoms with E-state index in [1.54, 1.807) is 4.90 Å². The predicted octanol–water partition coefficient (Wildman–Crippen LogP) is 2.23. The van der Waals surface area contributed by atoms with Gasteiger partial charge in [0.25, 0.3) is 0 Å². The van der Waals surface area contributed by atoms with Gasteiger partial charge < -0.3 is 15.3 Å². The number of anilines is 1. The summed E-state index contributed by atoms with van der Waals surface area (Å²) in [6, 6.07) is 7.58. The lowest BCUT2D eigenvalue weighted by Gasteiger charge is -2.32. The van der Waals surface area contributed by atoms with E-state index in [-0.39, 0.29) is 17.6 Å². The molecule has 1 saturated heterocycles. The molecule has 0 saturated carbocycles. The first-order chi connectivity index (χ1) is 12.0. The molecule has 3 rings (SSSR count). The first-order valence-electron chi connectivity index (χ1n) is 8.27. The Morgan fingerprint density at radius 1 is 1.32 bits per heavy atom. The van der Waals surface area contributed by atoms with Crippen molar-refractivity contribution in [3.63, 3.8) is 0 Å². The third kappa shape index (κ3) is 4.34.